The molecule has 0 spiro atoms. The van der Waals surface area contributed by atoms with Gasteiger partial charge in [0.25, 0.3) is 5.91 Å². The smallest absolute Gasteiger partial charge is 0.332 e. The number of aromatic nitrogens is 1. The van der Waals surface area contributed by atoms with E-state index in [1.165, 1.54) is 52.3 Å². The summed E-state index contributed by atoms with van der Waals surface area (Å²) in [6.45, 7) is 0.399. The molecule has 3 aromatic rings. The second-order valence-electron chi connectivity index (χ2n) is 6.58. The van der Waals surface area contributed by atoms with Crippen molar-refractivity contribution in [3.05, 3.63) is 81.6 Å². The molecule has 0 unspecified atom stereocenters. The van der Waals surface area contributed by atoms with Gasteiger partial charge in [0.2, 0.25) is 0 Å². The highest BCUT2D eigenvalue weighted by molar-refractivity contribution is 8.03. The zero-order valence-corrected chi connectivity index (χ0v) is 17.5. The maximum Gasteiger partial charge on any atom is 0.416 e. The largest absolute Gasteiger partial charge is 0.416 e. The second kappa shape index (κ2) is 8.72. The number of carbonyl (C=O) groups excluding carboxylic acids is 1. The van der Waals surface area contributed by atoms with Crippen molar-refractivity contribution in [1.82, 2.24) is 9.88 Å². The molecule has 2 aromatic carbocycles. The normalized spacial score (nSPS) is 15.5. The number of carbonyl (C=O) groups is 1. The molecule has 1 fully saturated rings. The van der Waals surface area contributed by atoms with Crippen LogP contribution in [-0.2, 0) is 6.18 Å². The highest BCUT2D eigenvalue weighted by Crippen LogP contribution is 2.34. The summed E-state index contributed by atoms with van der Waals surface area (Å²) in [6, 6.07) is 10.3. The predicted octanol–water partition coefficient (Wildman–Crippen LogP) is 6.23. The van der Waals surface area contributed by atoms with Gasteiger partial charge >= 0.3 is 6.18 Å². The van der Waals surface area contributed by atoms with Crippen LogP contribution in [0.2, 0.25) is 0 Å². The lowest BCUT2D eigenvalue weighted by molar-refractivity contribution is -0.137. The average Bonchev–Trinajstić information content (AvgIpc) is 3.38. The third-order valence-electron chi connectivity index (χ3n) is 4.40. The van der Waals surface area contributed by atoms with Crippen LogP contribution in [0.15, 0.2) is 58.9 Å². The summed E-state index contributed by atoms with van der Waals surface area (Å²) in [5, 5.41) is 6.09. The van der Waals surface area contributed by atoms with Gasteiger partial charge < -0.3 is 10.2 Å². The topological polar surface area (TPSA) is 45.2 Å². The molecule has 1 aromatic heterocycles. The van der Waals surface area contributed by atoms with Gasteiger partial charge in [-0.2, -0.15) is 13.2 Å². The summed E-state index contributed by atoms with van der Waals surface area (Å²) in [6.07, 6.45) is -2.78. The molecule has 10 heteroatoms. The summed E-state index contributed by atoms with van der Waals surface area (Å²) in [7, 11) is 0. The van der Waals surface area contributed by atoms with Crippen molar-refractivity contribution in [1.29, 1.82) is 0 Å². The summed E-state index contributed by atoms with van der Waals surface area (Å²) < 4.78 is 52.0. The quantitative estimate of drug-likeness (QED) is 0.464. The Morgan fingerprint density at radius 3 is 2.68 bits per heavy atom. The molecule has 0 atom stereocenters. The first kappa shape index (κ1) is 21.4. The van der Waals surface area contributed by atoms with Crippen LogP contribution in [0.3, 0.4) is 0 Å². The Morgan fingerprint density at radius 2 is 1.94 bits per heavy atom. The van der Waals surface area contributed by atoms with E-state index in [9.17, 15) is 22.4 Å². The molecule has 1 saturated heterocycles. The zero-order valence-electron chi connectivity index (χ0n) is 15.8. The van der Waals surface area contributed by atoms with Crippen molar-refractivity contribution < 1.29 is 22.4 Å². The molecule has 2 heterocycles. The van der Waals surface area contributed by atoms with Gasteiger partial charge in [-0.15, -0.1) is 23.1 Å². The second-order valence-corrected chi connectivity index (χ2v) is 8.55. The van der Waals surface area contributed by atoms with Crippen molar-refractivity contribution in [3.8, 4) is 0 Å². The van der Waals surface area contributed by atoms with Crippen molar-refractivity contribution >= 4 is 45.9 Å². The van der Waals surface area contributed by atoms with Gasteiger partial charge in [-0.05, 0) is 48.5 Å². The third-order valence-corrected chi connectivity index (χ3v) is 6.20. The lowest BCUT2D eigenvalue weighted by atomic mass is 10.1. The molecule has 1 aliphatic rings. The summed E-state index contributed by atoms with van der Waals surface area (Å²) in [5.74, 6) is -0.178. The monoisotopic (exact) mass is 465 g/mol. The van der Waals surface area contributed by atoms with E-state index in [4.69, 9.17) is 0 Å². The SMILES string of the molecule is O=C(c1cccc(C(F)(F)F)c1)N1CCS/C1=C/c1csc(Nc2ccc(F)cc2)n1. The maximum absolute atomic E-state index is 13.0. The van der Waals surface area contributed by atoms with Gasteiger partial charge in [0.1, 0.15) is 5.82 Å². The highest BCUT2D eigenvalue weighted by atomic mass is 32.2. The van der Waals surface area contributed by atoms with E-state index in [0.29, 0.717) is 33.8 Å². The Bertz CT molecular complexity index is 1130. The van der Waals surface area contributed by atoms with Crippen LogP contribution in [0.4, 0.5) is 28.4 Å². The Kier molecular flexibility index (Phi) is 6.01. The van der Waals surface area contributed by atoms with Gasteiger partial charge in [-0.1, -0.05) is 6.07 Å². The van der Waals surface area contributed by atoms with Crippen LogP contribution in [0.1, 0.15) is 21.6 Å². The first-order chi connectivity index (χ1) is 14.8. The van der Waals surface area contributed by atoms with Crippen LogP contribution in [0, 0.1) is 5.82 Å². The number of alkyl halides is 3. The fourth-order valence-corrected chi connectivity index (χ4v) is 4.63. The summed E-state index contributed by atoms with van der Waals surface area (Å²) in [4.78, 5) is 18.8. The predicted molar refractivity (Wildman–Crippen MR) is 115 cm³/mol. The minimum atomic E-state index is -4.51. The number of thioether (sulfide) groups is 1. The lowest BCUT2D eigenvalue weighted by Crippen LogP contribution is -2.27. The van der Waals surface area contributed by atoms with Gasteiger partial charge in [0.15, 0.2) is 5.13 Å². The standard InChI is InChI=1S/C21H15F4N3OS2/c22-15-4-6-16(7-5-15)26-20-27-17(12-31-20)11-18-28(8-9-30-18)19(29)13-2-1-3-14(10-13)21(23,24)25/h1-7,10-12H,8-9H2,(H,26,27)/b18-11+. The zero-order chi connectivity index (χ0) is 22.0. The first-order valence-electron chi connectivity index (χ1n) is 9.11. The Hall–Kier alpha value is -2.85. The fourth-order valence-electron chi connectivity index (χ4n) is 2.93. The van der Waals surface area contributed by atoms with E-state index >= 15 is 0 Å². The van der Waals surface area contributed by atoms with Gasteiger partial charge in [-0.3, -0.25) is 4.79 Å². The lowest BCUT2D eigenvalue weighted by Gasteiger charge is -2.17. The first-order valence-corrected chi connectivity index (χ1v) is 11.0. The molecule has 0 radical (unpaired) electrons. The molecule has 4 rings (SSSR count). The Balaban J connectivity index is 1.51. The van der Waals surface area contributed by atoms with Crippen LogP contribution >= 0.6 is 23.1 Å². The molecule has 1 N–H and O–H groups in total. The number of rotatable bonds is 4. The molecule has 4 nitrogen and oxygen atoms in total. The van der Waals surface area contributed by atoms with Crippen LogP contribution in [-0.4, -0.2) is 28.1 Å². The van der Waals surface area contributed by atoms with Crippen LogP contribution in [0.5, 0.6) is 0 Å². The van der Waals surface area contributed by atoms with E-state index < -0.39 is 17.6 Å². The van der Waals surface area contributed by atoms with Crippen LogP contribution in [0.25, 0.3) is 6.08 Å². The number of benzene rings is 2. The molecule has 31 heavy (non-hydrogen) atoms. The minimum Gasteiger partial charge on any atom is -0.332 e. The Morgan fingerprint density at radius 1 is 1.16 bits per heavy atom. The minimum absolute atomic E-state index is 0.0137. The molecule has 0 saturated carbocycles. The van der Waals surface area contributed by atoms with E-state index in [2.05, 4.69) is 10.3 Å². The number of hydrogen-bond acceptors (Lipinski definition) is 5. The van der Waals surface area contributed by atoms with E-state index in [1.54, 1.807) is 23.6 Å². The van der Waals surface area contributed by atoms with Crippen molar-refractivity contribution in [2.45, 2.75) is 6.18 Å². The highest BCUT2D eigenvalue weighted by Gasteiger charge is 2.32. The Labute approximate surface area is 183 Å². The molecule has 0 bridgehead atoms. The molecule has 1 amide bonds. The summed E-state index contributed by atoms with van der Waals surface area (Å²) >= 11 is 2.78. The van der Waals surface area contributed by atoms with Gasteiger partial charge in [0, 0.05) is 28.9 Å². The van der Waals surface area contributed by atoms with E-state index in [-0.39, 0.29) is 11.4 Å². The molecule has 1 aliphatic heterocycles. The number of thiazole rings is 1. The molecular formula is C21H15F4N3OS2. The number of nitrogens with one attached hydrogen (secondary N) is 1. The molecular weight excluding hydrogens is 450 g/mol. The summed E-state index contributed by atoms with van der Waals surface area (Å²) in [5.41, 5.74) is 0.430. The number of halogens is 4. The van der Waals surface area contributed by atoms with Crippen molar-refractivity contribution in [3.63, 3.8) is 0 Å². The van der Waals surface area contributed by atoms with E-state index in [0.717, 1.165) is 12.1 Å². The average molecular weight is 465 g/mol. The number of nitrogens with zero attached hydrogens (tertiary/aromatic N) is 2. The van der Waals surface area contributed by atoms with Crippen LogP contribution < -0.4 is 5.32 Å². The maximum atomic E-state index is 13.0. The van der Waals surface area contributed by atoms with Crippen molar-refractivity contribution in [2.24, 2.45) is 0 Å². The molecule has 0 aliphatic carbocycles. The number of anilines is 2. The van der Waals surface area contributed by atoms with Gasteiger partial charge in [0.05, 0.1) is 16.3 Å². The van der Waals surface area contributed by atoms with Gasteiger partial charge in [-0.25, -0.2) is 9.37 Å². The molecule has 160 valence electrons. The fraction of sp³-hybridized carbons (Fsp3) is 0.143. The number of amides is 1. The van der Waals surface area contributed by atoms with E-state index in [1.807, 2.05) is 0 Å². The van der Waals surface area contributed by atoms with Crippen molar-refractivity contribution in [2.75, 3.05) is 17.6 Å². The third kappa shape index (κ3) is 5.08. The number of hydrogen-bond donors (Lipinski definition) is 1.